The maximum absolute atomic E-state index is 7.08. The van der Waals surface area contributed by atoms with Crippen molar-refractivity contribution in [1.82, 2.24) is 0 Å². The molecule has 0 N–H and O–H groups in total. The second kappa shape index (κ2) is 19.5. The van der Waals surface area contributed by atoms with Gasteiger partial charge in [0.2, 0.25) is 0 Å². The Bertz CT molecular complexity index is 4990. The van der Waals surface area contributed by atoms with Gasteiger partial charge in [-0.25, -0.2) is 0 Å². The van der Waals surface area contributed by atoms with Gasteiger partial charge in [-0.1, -0.05) is 187 Å². The first-order chi connectivity index (χ1) is 47.5. The fourth-order valence-corrected chi connectivity index (χ4v) is 22.5. The predicted molar refractivity (Wildman–Crippen MR) is 406 cm³/mol. The lowest BCUT2D eigenvalue weighted by Gasteiger charge is -2.43. The molecular weight excluding hydrogens is 1190 g/mol. The van der Waals surface area contributed by atoms with E-state index in [1.54, 1.807) is 0 Å². The third-order valence-corrected chi connectivity index (χ3v) is 28.9. The number of hydrogen-bond acceptors (Lipinski definition) is 4. The van der Waals surface area contributed by atoms with Crippen molar-refractivity contribution in [3.8, 4) is 89.8 Å². The Morgan fingerprint density at radius 3 is 0.724 bits per heavy atom. The zero-order valence-corrected chi connectivity index (χ0v) is 58.3. The Morgan fingerprint density at radius 1 is 0.224 bits per heavy atom. The van der Waals surface area contributed by atoms with E-state index in [0.29, 0.717) is 0 Å². The van der Waals surface area contributed by atoms with Crippen LogP contribution in [0.15, 0.2) is 182 Å². The Balaban J connectivity index is 0.892. The van der Waals surface area contributed by atoms with Crippen LogP contribution in [0.1, 0.15) is 180 Å². The van der Waals surface area contributed by atoms with Gasteiger partial charge in [0.15, 0.2) is 0 Å². The Morgan fingerprint density at radius 2 is 0.469 bits per heavy atom. The van der Waals surface area contributed by atoms with E-state index in [0.717, 1.165) is 74.4 Å². The normalized spacial score (nSPS) is 28.8. The van der Waals surface area contributed by atoms with Gasteiger partial charge in [0, 0.05) is 43.9 Å². The summed E-state index contributed by atoms with van der Waals surface area (Å²) in [5.41, 5.74) is 19.3. The highest BCUT2D eigenvalue weighted by atomic mass is 16.5. The molecule has 0 amide bonds. The molecule has 8 unspecified atom stereocenters. The van der Waals surface area contributed by atoms with Gasteiger partial charge in [0.25, 0.3) is 0 Å². The van der Waals surface area contributed by atoms with Gasteiger partial charge < -0.3 is 18.9 Å². The quantitative estimate of drug-likeness (QED) is 0.166. The first-order valence-electron chi connectivity index (χ1n) is 37.4. The van der Waals surface area contributed by atoms with Crippen molar-refractivity contribution in [1.29, 1.82) is 0 Å². The first kappa shape index (κ1) is 58.1. The van der Waals surface area contributed by atoms with Crippen LogP contribution in [0.2, 0.25) is 0 Å². The van der Waals surface area contributed by atoms with Crippen molar-refractivity contribution >= 4 is 64.6 Å². The molecule has 4 fully saturated rings. The molecule has 8 atom stereocenters. The van der Waals surface area contributed by atoms with Crippen LogP contribution in [0.5, 0.6) is 23.0 Å². The molecule has 0 saturated heterocycles. The van der Waals surface area contributed by atoms with Crippen LogP contribution in [0, 0.1) is 0 Å². The van der Waals surface area contributed by atoms with Gasteiger partial charge in [-0.3, -0.25) is 0 Å². The van der Waals surface area contributed by atoms with Gasteiger partial charge in [-0.15, -0.1) is 0 Å². The minimum atomic E-state index is -0.231. The minimum Gasteiger partial charge on any atom is -0.486 e. The molecule has 0 aromatic heterocycles. The lowest BCUT2D eigenvalue weighted by Crippen LogP contribution is -2.49. The molecule has 4 saturated carbocycles. The first-order valence-corrected chi connectivity index (χ1v) is 37.4. The average Bonchev–Trinajstić information content (AvgIpc) is 1.49. The van der Waals surface area contributed by atoms with Gasteiger partial charge in [-0.05, 0) is 285 Å². The predicted octanol–water partition coefficient (Wildman–Crippen LogP) is 25.4. The molecule has 4 aliphatic carbocycles. The van der Waals surface area contributed by atoms with Crippen LogP contribution in [-0.2, 0) is 21.7 Å². The lowest BCUT2D eigenvalue weighted by atomic mass is 9.63. The van der Waals surface area contributed by atoms with E-state index in [2.05, 4.69) is 237 Å². The summed E-state index contributed by atoms with van der Waals surface area (Å²) in [5, 5.41) is 15.7. The van der Waals surface area contributed by atoms with E-state index in [4.69, 9.17) is 18.9 Å². The molecule has 13 aromatic rings. The number of ether oxygens (including phenoxy) is 4. The zero-order chi connectivity index (χ0) is 65.8. The maximum Gasteiger partial charge on any atom is 0.124 e. The van der Waals surface area contributed by atoms with Crippen LogP contribution in [0.4, 0.5) is 0 Å². The van der Waals surface area contributed by atoms with Gasteiger partial charge in [-0.2, -0.15) is 0 Å². The van der Waals surface area contributed by atoms with E-state index in [-0.39, 0.29) is 44.1 Å². The molecule has 21 rings (SSSR count). The number of rotatable bonds is 6. The van der Waals surface area contributed by atoms with Gasteiger partial charge in [0.05, 0.1) is 0 Å². The SMILES string of the molecule is CC12CCCCC1(C)c1cc(-c3ccc4c5c(-c6ccccc6)c6c7ccc(-c8ccc9c(c8)C8(C)CCCCC8(C)O9)c8c(-c9ccc%10c(c9)C9(C)CCCCC9(C)O%10)ccc(c6c(-c6ccccc6)c5c5ccc(-c6ccc9c(c6)C6(C)CCCCC6(C)O9)c3c45)c87)ccc1O2. The largest absolute Gasteiger partial charge is 0.486 e. The molecule has 0 bridgehead atoms. The second-order valence-corrected chi connectivity index (χ2v) is 33.5. The maximum atomic E-state index is 7.08. The highest BCUT2D eigenvalue weighted by molar-refractivity contribution is 6.48. The zero-order valence-electron chi connectivity index (χ0n) is 58.3. The number of benzene rings is 11. The van der Waals surface area contributed by atoms with Crippen LogP contribution >= 0.6 is 0 Å². The number of fused-ring (bicyclic) bond motifs is 18. The summed E-state index contributed by atoms with van der Waals surface area (Å²) >= 11 is 0. The smallest absolute Gasteiger partial charge is 0.124 e. The van der Waals surface area contributed by atoms with Crippen molar-refractivity contribution in [2.45, 2.75) is 202 Å². The van der Waals surface area contributed by atoms with Crippen molar-refractivity contribution in [3.05, 3.63) is 204 Å². The summed E-state index contributed by atoms with van der Waals surface area (Å²) in [5.74, 6) is 4.21. The Labute approximate surface area is 576 Å². The summed E-state index contributed by atoms with van der Waals surface area (Å²) in [4.78, 5) is 0. The monoisotopic (exact) mass is 1280 g/mol. The third-order valence-electron chi connectivity index (χ3n) is 28.9. The van der Waals surface area contributed by atoms with Crippen LogP contribution in [0.25, 0.3) is 131 Å². The standard InChI is InChI=1S/C94H86O4/c1-87-43-15-19-47-91(87,5)95-73-39-27-57(51-69(73)87)61-31-35-65-81-66(36-32-62(79(61)81)58-28-40-74-70(52-58)88(2)44-16-20-48-92(88,6)96-74)84-78(56-25-13-10-14-26-56)86-68-38-34-64(60-30-42-76-72(54-60)90(4)46-18-22-50-94(90,8)98-76)80-63(59-29-41-75-71(53-59)89(3)45-17-21-49-93(89,7)97-75)33-37-67(82(68)80)85(86)77(83(65)84)55-23-11-9-12-24-55/h9-14,23-42,51-54H,15-22,43-50H2,1-8H3. The van der Waals surface area contributed by atoms with E-state index in [1.165, 1.54) is 205 Å². The van der Waals surface area contributed by atoms with E-state index in [9.17, 15) is 0 Å². The second-order valence-electron chi connectivity index (χ2n) is 33.5. The molecule has 8 aliphatic rings. The molecule has 98 heavy (non-hydrogen) atoms. The summed E-state index contributed by atoms with van der Waals surface area (Å²) < 4.78 is 28.3. The molecule has 4 aliphatic heterocycles. The molecule has 4 heteroatoms. The van der Waals surface area contributed by atoms with Crippen LogP contribution in [0.3, 0.4) is 0 Å². The van der Waals surface area contributed by atoms with Crippen LogP contribution in [-0.4, -0.2) is 22.4 Å². The topological polar surface area (TPSA) is 36.9 Å². The molecule has 4 heterocycles. The van der Waals surface area contributed by atoms with E-state index >= 15 is 0 Å². The highest BCUT2D eigenvalue weighted by Gasteiger charge is 2.59. The van der Waals surface area contributed by atoms with Crippen molar-refractivity contribution in [2.75, 3.05) is 0 Å². The van der Waals surface area contributed by atoms with E-state index < -0.39 is 0 Å². The molecular formula is C94H86O4. The van der Waals surface area contributed by atoms with Crippen LogP contribution < -0.4 is 18.9 Å². The summed E-state index contributed by atoms with van der Waals surface area (Å²) in [6.07, 6.45) is 18.5. The fourth-order valence-electron chi connectivity index (χ4n) is 22.5. The fraction of sp³-hybridized carbons (Fsp3) is 0.340. The summed E-state index contributed by atoms with van der Waals surface area (Å²) in [6.45, 7) is 19.5. The molecule has 0 spiro atoms. The summed E-state index contributed by atoms with van der Waals surface area (Å²) in [6, 6.07) is 71.9. The number of hydrogen-bond donors (Lipinski definition) is 0. The Hall–Kier alpha value is -8.86. The van der Waals surface area contributed by atoms with Crippen molar-refractivity contribution < 1.29 is 18.9 Å². The highest BCUT2D eigenvalue weighted by Crippen LogP contribution is 2.65. The third kappa shape index (κ3) is 7.23. The van der Waals surface area contributed by atoms with Crippen molar-refractivity contribution in [2.24, 2.45) is 0 Å². The average molecular weight is 1280 g/mol. The molecule has 486 valence electrons. The van der Waals surface area contributed by atoms with Gasteiger partial charge in [0.1, 0.15) is 45.4 Å². The van der Waals surface area contributed by atoms with Crippen molar-refractivity contribution in [3.63, 3.8) is 0 Å². The molecule has 4 nitrogen and oxygen atoms in total. The Kier molecular flexibility index (Phi) is 11.6. The van der Waals surface area contributed by atoms with E-state index in [1.807, 2.05) is 0 Å². The lowest BCUT2D eigenvalue weighted by molar-refractivity contribution is 0.00727. The van der Waals surface area contributed by atoms with Gasteiger partial charge >= 0.3 is 0 Å². The molecule has 0 radical (unpaired) electrons. The minimum absolute atomic E-state index is 0.0833. The summed E-state index contributed by atoms with van der Waals surface area (Å²) in [7, 11) is 0. The molecule has 13 aromatic carbocycles.